The van der Waals surface area contributed by atoms with Gasteiger partial charge in [-0.1, -0.05) is 86.0 Å². The van der Waals surface area contributed by atoms with Crippen molar-refractivity contribution in [2.24, 2.45) is 4.99 Å². The number of hydrogen-bond acceptors (Lipinski definition) is 2. The van der Waals surface area contributed by atoms with Crippen LogP contribution < -0.4 is 10.6 Å². The van der Waals surface area contributed by atoms with Gasteiger partial charge in [-0.15, -0.1) is 0 Å². The largest absolute Gasteiger partial charge is 0.371 e. The summed E-state index contributed by atoms with van der Waals surface area (Å²) >= 11 is 0. The van der Waals surface area contributed by atoms with Gasteiger partial charge in [0.25, 0.3) is 0 Å². The molecule has 1 aliphatic carbocycles. The highest BCUT2D eigenvalue weighted by atomic mass is 15.2. The first-order valence-corrected chi connectivity index (χ1v) is 10.7. The van der Waals surface area contributed by atoms with Gasteiger partial charge in [-0.3, -0.25) is 4.99 Å². The Kier molecular flexibility index (Phi) is 4.81. The Hall–Kier alpha value is -3.07. The van der Waals surface area contributed by atoms with E-state index in [1.54, 1.807) is 0 Å². The normalized spacial score (nSPS) is 18.7. The molecule has 0 atom stereocenters. The zero-order chi connectivity index (χ0) is 19.5. The van der Waals surface area contributed by atoms with Crippen LogP contribution in [0.2, 0.25) is 0 Å². The van der Waals surface area contributed by atoms with Crippen molar-refractivity contribution in [1.29, 1.82) is 0 Å². The summed E-state index contributed by atoms with van der Waals surface area (Å²) in [4.78, 5) is 5.07. The van der Waals surface area contributed by atoms with Crippen molar-refractivity contribution in [2.45, 2.75) is 44.2 Å². The second-order valence-electron chi connectivity index (χ2n) is 8.17. The van der Waals surface area contributed by atoms with Crippen LogP contribution in [0.4, 0.5) is 11.4 Å². The Balaban J connectivity index is 1.40. The van der Waals surface area contributed by atoms with E-state index in [1.165, 1.54) is 41.6 Å². The van der Waals surface area contributed by atoms with Crippen molar-refractivity contribution in [1.82, 2.24) is 0 Å². The van der Waals surface area contributed by atoms with Crippen LogP contribution in [-0.4, -0.2) is 11.4 Å². The van der Waals surface area contributed by atoms with E-state index in [2.05, 4.69) is 89.5 Å². The van der Waals surface area contributed by atoms with E-state index >= 15 is 0 Å². The van der Waals surface area contributed by atoms with E-state index in [-0.39, 0.29) is 5.54 Å². The molecule has 1 heterocycles. The fourth-order valence-corrected chi connectivity index (χ4v) is 4.58. The van der Waals surface area contributed by atoms with Gasteiger partial charge in [-0.05, 0) is 41.7 Å². The molecule has 1 fully saturated rings. The standard InChI is InChI=1S/C26H27N3/c1-3-9-21(10-4-1)22-15-13-20(14-16-22)19-27-25-26(17-7-2-8-18-26)29-24-12-6-5-11-23(24)28-25/h1,3-6,9-16,29H,2,7-8,17-19H2,(H,27,28). The quantitative estimate of drug-likeness (QED) is 0.544. The molecular formula is C26H27N3. The second-order valence-corrected chi connectivity index (χ2v) is 8.17. The molecule has 3 nitrogen and oxygen atoms in total. The molecule has 1 aliphatic heterocycles. The third kappa shape index (κ3) is 3.65. The highest BCUT2D eigenvalue weighted by Crippen LogP contribution is 2.39. The van der Waals surface area contributed by atoms with E-state index < -0.39 is 0 Å². The molecule has 1 spiro atoms. The Bertz CT molecular complexity index is 1000. The van der Waals surface area contributed by atoms with Gasteiger partial charge in [-0.25, -0.2) is 0 Å². The fraction of sp³-hybridized carbons (Fsp3) is 0.269. The molecule has 29 heavy (non-hydrogen) atoms. The third-order valence-electron chi connectivity index (χ3n) is 6.20. The van der Waals surface area contributed by atoms with Crippen molar-refractivity contribution >= 4 is 17.2 Å². The van der Waals surface area contributed by atoms with Crippen LogP contribution in [-0.2, 0) is 6.54 Å². The van der Waals surface area contributed by atoms with E-state index in [4.69, 9.17) is 4.99 Å². The van der Waals surface area contributed by atoms with Gasteiger partial charge in [0.1, 0.15) is 5.84 Å². The van der Waals surface area contributed by atoms with Gasteiger partial charge < -0.3 is 10.6 Å². The summed E-state index contributed by atoms with van der Waals surface area (Å²) in [7, 11) is 0. The molecular weight excluding hydrogens is 354 g/mol. The fourth-order valence-electron chi connectivity index (χ4n) is 4.58. The van der Waals surface area contributed by atoms with Gasteiger partial charge in [0.2, 0.25) is 0 Å². The van der Waals surface area contributed by atoms with Gasteiger partial charge in [0, 0.05) is 0 Å². The predicted octanol–water partition coefficient (Wildman–Crippen LogP) is 6.49. The van der Waals surface area contributed by atoms with Crippen molar-refractivity contribution in [3.8, 4) is 11.1 Å². The van der Waals surface area contributed by atoms with Crippen LogP contribution >= 0.6 is 0 Å². The van der Waals surface area contributed by atoms with E-state index in [0.717, 1.165) is 24.4 Å². The lowest BCUT2D eigenvalue weighted by Gasteiger charge is -2.44. The molecule has 3 aromatic rings. The molecule has 0 aromatic heterocycles. The highest BCUT2D eigenvalue weighted by molar-refractivity contribution is 6.09. The first-order chi connectivity index (χ1) is 14.3. The van der Waals surface area contributed by atoms with Crippen LogP contribution in [0, 0.1) is 0 Å². The third-order valence-corrected chi connectivity index (χ3v) is 6.20. The summed E-state index contributed by atoms with van der Waals surface area (Å²) in [6.45, 7) is 0.697. The van der Waals surface area contributed by atoms with Gasteiger partial charge in [-0.2, -0.15) is 0 Å². The number of nitrogens with zero attached hydrogens (tertiary/aromatic N) is 1. The zero-order valence-electron chi connectivity index (χ0n) is 16.7. The molecule has 146 valence electrons. The maximum atomic E-state index is 5.07. The van der Waals surface area contributed by atoms with Crippen LogP contribution in [0.15, 0.2) is 83.9 Å². The lowest BCUT2D eigenvalue weighted by Crippen LogP contribution is -2.53. The average Bonchev–Trinajstić information content (AvgIpc) is 2.79. The molecule has 2 aliphatic rings. The first kappa shape index (κ1) is 18.0. The number of amidine groups is 1. The highest BCUT2D eigenvalue weighted by Gasteiger charge is 2.40. The van der Waals surface area contributed by atoms with Crippen LogP contribution in [0.1, 0.15) is 37.7 Å². The molecule has 1 saturated carbocycles. The zero-order valence-corrected chi connectivity index (χ0v) is 16.7. The maximum Gasteiger partial charge on any atom is 0.127 e. The summed E-state index contributed by atoms with van der Waals surface area (Å²) in [5, 5.41) is 7.49. The second kappa shape index (κ2) is 7.75. The molecule has 0 unspecified atom stereocenters. The maximum absolute atomic E-state index is 5.07. The minimum atomic E-state index is -0.0451. The Morgan fingerprint density at radius 2 is 1.34 bits per heavy atom. The monoisotopic (exact) mass is 381 g/mol. The van der Waals surface area contributed by atoms with Crippen molar-refractivity contribution < 1.29 is 0 Å². The van der Waals surface area contributed by atoms with Crippen molar-refractivity contribution in [3.63, 3.8) is 0 Å². The lowest BCUT2D eigenvalue weighted by atomic mass is 9.79. The van der Waals surface area contributed by atoms with Crippen LogP contribution in [0.3, 0.4) is 0 Å². The molecule has 5 rings (SSSR count). The van der Waals surface area contributed by atoms with E-state index in [0.29, 0.717) is 6.54 Å². The summed E-state index contributed by atoms with van der Waals surface area (Å²) < 4.78 is 0. The van der Waals surface area contributed by atoms with Crippen molar-refractivity contribution in [3.05, 3.63) is 84.4 Å². The Morgan fingerprint density at radius 1 is 0.690 bits per heavy atom. The molecule has 3 heteroatoms. The smallest absolute Gasteiger partial charge is 0.127 e. The molecule has 0 radical (unpaired) electrons. The summed E-state index contributed by atoms with van der Waals surface area (Å²) in [6, 6.07) is 27.8. The first-order valence-electron chi connectivity index (χ1n) is 10.7. The lowest BCUT2D eigenvalue weighted by molar-refractivity contribution is 0.403. The topological polar surface area (TPSA) is 36.4 Å². The number of fused-ring (bicyclic) bond motifs is 1. The number of nitrogens with one attached hydrogen (secondary N) is 2. The van der Waals surface area contributed by atoms with Gasteiger partial charge in [0.15, 0.2) is 0 Å². The molecule has 0 amide bonds. The number of hydrogen-bond donors (Lipinski definition) is 2. The molecule has 2 N–H and O–H groups in total. The minimum absolute atomic E-state index is 0.0451. The number of anilines is 2. The SMILES string of the molecule is c1ccc(-c2ccc(CN=C3Nc4ccccc4NC34CCCCC4)cc2)cc1. The van der Waals surface area contributed by atoms with Crippen molar-refractivity contribution in [2.75, 3.05) is 10.6 Å². The Morgan fingerprint density at radius 3 is 2.10 bits per heavy atom. The summed E-state index contributed by atoms with van der Waals surface area (Å²) in [5.74, 6) is 1.10. The van der Waals surface area contributed by atoms with Gasteiger partial charge >= 0.3 is 0 Å². The molecule has 0 bridgehead atoms. The van der Waals surface area contributed by atoms with Gasteiger partial charge in [0.05, 0.1) is 23.5 Å². The summed E-state index contributed by atoms with van der Waals surface area (Å²) in [6.07, 6.45) is 6.10. The van der Waals surface area contributed by atoms with Crippen LogP contribution in [0.5, 0.6) is 0 Å². The number of rotatable bonds is 3. The van der Waals surface area contributed by atoms with E-state index in [9.17, 15) is 0 Å². The Labute approximate surface area is 172 Å². The summed E-state index contributed by atoms with van der Waals surface area (Å²) in [5.41, 5.74) is 6.01. The van der Waals surface area contributed by atoms with E-state index in [1.807, 2.05) is 0 Å². The molecule has 3 aromatic carbocycles. The minimum Gasteiger partial charge on any atom is -0.371 e. The number of aliphatic imine (C=N–C) groups is 1. The average molecular weight is 382 g/mol. The number of para-hydroxylation sites is 2. The number of benzene rings is 3. The van der Waals surface area contributed by atoms with Crippen LogP contribution in [0.25, 0.3) is 11.1 Å². The predicted molar refractivity (Wildman–Crippen MR) is 123 cm³/mol. The molecule has 0 saturated heterocycles.